The molecule has 5 heteroatoms. The van der Waals surface area contributed by atoms with Gasteiger partial charge in [-0.15, -0.1) is 11.3 Å². The van der Waals surface area contributed by atoms with E-state index in [0.29, 0.717) is 11.7 Å². The molecule has 0 N–H and O–H groups in total. The molecule has 2 heterocycles. The Hall–Kier alpha value is -0.680. The van der Waals surface area contributed by atoms with Crippen molar-refractivity contribution in [2.24, 2.45) is 0 Å². The van der Waals surface area contributed by atoms with Gasteiger partial charge >= 0.3 is 0 Å². The second-order valence-corrected chi connectivity index (χ2v) is 4.38. The Kier molecular flexibility index (Phi) is 2.21. The fourth-order valence-corrected chi connectivity index (χ4v) is 2.54. The van der Waals surface area contributed by atoms with Crippen LogP contribution in [0.15, 0.2) is 14.4 Å². The first kappa shape index (κ1) is 8.90. The number of hydrogen-bond acceptors (Lipinski definition) is 4. The number of rotatable bonds is 1. The lowest BCUT2D eigenvalue weighted by molar-refractivity contribution is 0.426. The van der Waals surface area contributed by atoms with Gasteiger partial charge in [0.15, 0.2) is 5.82 Å². The Morgan fingerprint density at radius 3 is 2.69 bits per heavy atom. The van der Waals surface area contributed by atoms with Gasteiger partial charge in [0.05, 0.1) is 0 Å². The van der Waals surface area contributed by atoms with E-state index in [9.17, 15) is 0 Å². The van der Waals surface area contributed by atoms with Crippen LogP contribution in [0.5, 0.6) is 0 Å². The average Bonchev–Trinajstić information content (AvgIpc) is 2.62. The molecule has 0 fully saturated rings. The lowest BCUT2D eigenvalue weighted by atomic mass is 10.3. The summed E-state index contributed by atoms with van der Waals surface area (Å²) >= 11 is 5.08. The van der Waals surface area contributed by atoms with Crippen molar-refractivity contribution in [3.63, 3.8) is 0 Å². The Balaban J connectivity index is 2.52. The van der Waals surface area contributed by atoms with Gasteiger partial charge < -0.3 is 4.52 Å². The van der Waals surface area contributed by atoms with Crippen molar-refractivity contribution in [2.75, 3.05) is 0 Å². The first-order chi connectivity index (χ1) is 6.18. The van der Waals surface area contributed by atoms with Crippen molar-refractivity contribution in [3.05, 3.63) is 21.2 Å². The monoisotopic (exact) mass is 258 g/mol. The molecule has 0 unspecified atom stereocenters. The molecule has 68 valence electrons. The van der Waals surface area contributed by atoms with Crippen LogP contribution in [0.2, 0.25) is 0 Å². The zero-order chi connectivity index (χ0) is 9.42. The van der Waals surface area contributed by atoms with Gasteiger partial charge in [-0.05, 0) is 40.7 Å². The molecule has 2 aromatic rings. The SMILES string of the molecule is Cc1noc(-c2scc(C)c2Br)n1. The topological polar surface area (TPSA) is 38.9 Å². The van der Waals surface area contributed by atoms with Gasteiger partial charge in [0.2, 0.25) is 0 Å². The van der Waals surface area contributed by atoms with Gasteiger partial charge in [-0.2, -0.15) is 4.98 Å². The highest BCUT2D eigenvalue weighted by atomic mass is 79.9. The molecule has 0 atom stereocenters. The minimum absolute atomic E-state index is 0.586. The maximum Gasteiger partial charge on any atom is 0.269 e. The second-order valence-electron chi connectivity index (χ2n) is 2.71. The zero-order valence-corrected chi connectivity index (χ0v) is 9.57. The largest absolute Gasteiger partial charge is 0.333 e. The summed E-state index contributed by atoms with van der Waals surface area (Å²) in [4.78, 5) is 5.16. The van der Waals surface area contributed by atoms with Crippen LogP contribution < -0.4 is 0 Å². The Morgan fingerprint density at radius 1 is 1.46 bits per heavy atom. The van der Waals surface area contributed by atoms with Crippen LogP contribution in [-0.2, 0) is 0 Å². The van der Waals surface area contributed by atoms with Crippen molar-refractivity contribution in [3.8, 4) is 10.8 Å². The predicted octanol–water partition coefficient (Wildman–Crippen LogP) is 3.18. The number of thiophene rings is 1. The van der Waals surface area contributed by atoms with E-state index in [1.807, 2.05) is 6.92 Å². The summed E-state index contributed by atoms with van der Waals surface area (Å²) in [6.45, 7) is 3.84. The maximum absolute atomic E-state index is 5.06. The second kappa shape index (κ2) is 3.23. The normalized spacial score (nSPS) is 10.7. The third-order valence-electron chi connectivity index (χ3n) is 1.62. The van der Waals surface area contributed by atoms with Crippen LogP contribution in [0.25, 0.3) is 10.8 Å². The van der Waals surface area contributed by atoms with Crippen LogP contribution in [0.1, 0.15) is 11.4 Å². The first-order valence-electron chi connectivity index (χ1n) is 3.73. The number of nitrogens with zero attached hydrogens (tertiary/aromatic N) is 2. The molecule has 0 amide bonds. The third kappa shape index (κ3) is 1.53. The van der Waals surface area contributed by atoms with Crippen molar-refractivity contribution in [1.29, 1.82) is 0 Å². The fraction of sp³-hybridized carbons (Fsp3) is 0.250. The summed E-state index contributed by atoms with van der Waals surface area (Å²) in [6, 6.07) is 0. The lowest BCUT2D eigenvalue weighted by Gasteiger charge is -1.89. The van der Waals surface area contributed by atoms with Gasteiger partial charge in [-0.3, -0.25) is 0 Å². The third-order valence-corrected chi connectivity index (χ3v) is 3.99. The summed E-state index contributed by atoms with van der Waals surface area (Å²) in [5, 5.41) is 5.80. The lowest BCUT2D eigenvalue weighted by Crippen LogP contribution is -1.74. The highest BCUT2D eigenvalue weighted by Gasteiger charge is 2.13. The molecule has 3 nitrogen and oxygen atoms in total. The van der Waals surface area contributed by atoms with Crippen LogP contribution in [0.3, 0.4) is 0 Å². The molecule has 0 bridgehead atoms. The van der Waals surface area contributed by atoms with E-state index in [0.717, 1.165) is 9.35 Å². The fourth-order valence-electron chi connectivity index (χ4n) is 0.963. The maximum atomic E-state index is 5.06. The molecule has 13 heavy (non-hydrogen) atoms. The highest BCUT2D eigenvalue weighted by molar-refractivity contribution is 9.10. The van der Waals surface area contributed by atoms with Crippen molar-refractivity contribution >= 4 is 27.3 Å². The smallest absolute Gasteiger partial charge is 0.269 e. The van der Waals surface area contributed by atoms with Crippen molar-refractivity contribution in [2.45, 2.75) is 13.8 Å². The first-order valence-corrected chi connectivity index (χ1v) is 5.40. The molecule has 0 saturated carbocycles. The quantitative estimate of drug-likeness (QED) is 0.789. The van der Waals surface area contributed by atoms with Gasteiger partial charge in [0.1, 0.15) is 4.88 Å². The van der Waals surface area contributed by atoms with Gasteiger partial charge in [0.25, 0.3) is 5.89 Å². The van der Waals surface area contributed by atoms with E-state index < -0.39 is 0 Å². The molecule has 0 aliphatic heterocycles. The standard InChI is InChI=1S/C8H7BrN2OS/c1-4-3-13-7(6(4)9)8-10-5(2)11-12-8/h3H,1-2H3. The zero-order valence-electron chi connectivity index (χ0n) is 7.17. The average molecular weight is 259 g/mol. The molecular weight excluding hydrogens is 252 g/mol. The van der Waals surface area contributed by atoms with E-state index >= 15 is 0 Å². The van der Waals surface area contributed by atoms with E-state index in [1.54, 1.807) is 18.3 Å². The number of aryl methyl sites for hydroxylation is 2. The minimum Gasteiger partial charge on any atom is -0.333 e. The number of aromatic nitrogens is 2. The predicted molar refractivity (Wildman–Crippen MR) is 54.8 cm³/mol. The van der Waals surface area contributed by atoms with Crippen molar-refractivity contribution < 1.29 is 4.52 Å². The van der Waals surface area contributed by atoms with E-state index in [4.69, 9.17) is 4.52 Å². The summed E-state index contributed by atoms with van der Waals surface area (Å²) in [5.74, 6) is 1.25. The Morgan fingerprint density at radius 2 is 2.23 bits per heavy atom. The molecule has 0 spiro atoms. The molecule has 2 aromatic heterocycles. The minimum atomic E-state index is 0.586. The van der Waals surface area contributed by atoms with Gasteiger partial charge in [-0.1, -0.05) is 5.16 Å². The van der Waals surface area contributed by atoms with Crippen LogP contribution in [0.4, 0.5) is 0 Å². The summed E-state index contributed by atoms with van der Waals surface area (Å²) in [7, 11) is 0. The summed E-state index contributed by atoms with van der Waals surface area (Å²) in [6.07, 6.45) is 0. The van der Waals surface area contributed by atoms with Crippen LogP contribution >= 0.6 is 27.3 Å². The molecule has 0 aliphatic carbocycles. The Bertz CT molecular complexity index is 435. The molecule has 2 rings (SSSR count). The molecule has 0 saturated heterocycles. The molecule has 0 radical (unpaired) electrons. The molecule has 0 aromatic carbocycles. The van der Waals surface area contributed by atoms with Crippen molar-refractivity contribution in [1.82, 2.24) is 10.1 Å². The summed E-state index contributed by atoms with van der Waals surface area (Å²) in [5.41, 5.74) is 1.19. The van der Waals surface area contributed by atoms with Crippen LogP contribution in [0, 0.1) is 13.8 Å². The molecule has 0 aliphatic rings. The van der Waals surface area contributed by atoms with Crippen LogP contribution in [-0.4, -0.2) is 10.1 Å². The number of hydrogen-bond donors (Lipinski definition) is 0. The van der Waals surface area contributed by atoms with Gasteiger partial charge in [-0.25, -0.2) is 0 Å². The molecular formula is C8H7BrN2OS. The number of halogens is 1. The summed E-state index contributed by atoms with van der Waals surface area (Å²) < 4.78 is 6.11. The van der Waals surface area contributed by atoms with E-state index in [-0.39, 0.29) is 0 Å². The highest BCUT2D eigenvalue weighted by Crippen LogP contribution is 2.35. The van der Waals surface area contributed by atoms with Gasteiger partial charge in [0, 0.05) is 4.47 Å². The Labute approximate surface area is 87.9 Å². The van der Waals surface area contributed by atoms with E-state index in [1.165, 1.54) is 5.56 Å². The van der Waals surface area contributed by atoms with E-state index in [2.05, 4.69) is 31.5 Å².